The summed E-state index contributed by atoms with van der Waals surface area (Å²) >= 11 is -6.62. The van der Waals surface area contributed by atoms with Crippen LogP contribution < -0.4 is 0 Å². The van der Waals surface area contributed by atoms with Crippen LogP contribution in [0.3, 0.4) is 0 Å². The van der Waals surface area contributed by atoms with Gasteiger partial charge in [-0.05, 0) is 0 Å². The van der Waals surface area contributed by atoms with E-state index in [2.05, 4.69) is 0 Å². The second-order valence-corrected chi connectivity index (χ2v) is 3.25. The minimum absolute atomic E-state index is 6.62. The maximum absolute atomic E-state index is 9.07. The van der Waals surface area contributed by atoms with Gasteiger partial charge in [0.1, 0.15) is 0 Å². The van der Waals surface area contributed by atoms with Gasteiger partial charge >= 0.3 is 33.7 Å². The van der Waals surface area contributed by atoms with E-state index in [-0.39, 0.29) is 0 Å². The number of hydrogen-bond donors (Lipinski definition) is 4. The standard InChI is InChI=1S/Cr.4H2O.O/h;4*1H2;/q+4;;;;;/p-4. The molecule has 5 nitrogen and oxygen atoms in total. The van der Waals surface area contributed by atoms with E-state index in [1.165, 1.54) is 0 Å². The normalized spacial score (nSPS) is 19.0. The Labute approximate surface area is 34.6 Å². The van der Waals surface area contributed by atoms with Crippen molar-refractivity contribution in [2.75, 3.05) is 0 Å². The van der Waals surface area contributed by atoms with E-state index >= 15 is 0 Å². The van der Waals surface area contributed by atoms with Gasteiger partial charge in [0.2, 0.25) is 0 Å². The third kappa shape index (κ3) is 1410. The molecule has 0 aromatic rings. The molecule has 0 rings (SSSR count). The molecular formula is H4CrO5. The zero-order valence-corrected chi connectivity index (χ0v) is 3.88. The molecule has 0 radical (unpaired) electrons. The molecule has 6 heteroatoms. The van der Waals surface area contributed by atoms with E-state index in [9.17, 15) is 0 Å². The van der Waals surface area contributed by atoms with Crippen molar-refractivity contribution in [2.45, 2.75) is 0 Å². The van der Waals surface area contributed by atoms with Crippen molar-refractivity contribution in [2.24, 2.45) is 0 Å². The van der Waals surface area contributed by atoms with Crippen LogP contribution in [-0.4, -0.2) is 16.6 Å². The monoisotopic (exact) mass is 136 g/mol. The Morgan fingerprint density at radius 3 is 1.00 bits per heavy atom. The first-order valence-electron chi connectivity index (χ1n) is 0.897. The van der Waals surface area contributed by atoms with Gasteiger partial charge in [0.05, 0.1) is 0 Å². The third-order valence-corrected chi connectivity index (χ3v) is 0. The molecule has 0 saturated heterocycles. The first-order chi connectivity index (χ1) is 2.24. The first-order valence-corrected chi connectivity index (χ1v) is 3.70. The molecule has 40 valence electrons. The van der Waals surface area contributed by atoms with E-state index in [1.54, 1.807) is 0 Å². The predicted octanol–water partition coefficient (Wildman–Crippen LogP) is -2.35. The van der Waals surface area contributed by atoms with Gasteiger partial charge in [0, 0.05) is 0 Å². The van der Waals surface area contributed by atoms with E-state index in [4.69, 9.17) is 20.4 Å². The van der Waals surface area contributed by atoms with Crippen molar-refractivity contribution < 1.29 is 33.7 Å². The fourth-order valence-corrected chi connectivity index (χ4v) is 0. The summed E-state index contributed by atoms with van der Waals surface area (Å²) in [5.74, 6) is 0. The van der Waals surface area contributed by atoms with Gasteiger partial charge in [0.25, 0.3) is 0 Å². The van der Waals surface area contributed by atoms with Crippen LogP contribution in [0, 0.1) is 0 Å². The van der Waals surface area contributed by atoms with Crippen LogP contribution in [0.4, 0.5) is 0 Å². The van der Waals surface area contributed by atoms with E-state index < -0.39 is 13.3 Å². The van der Waals surface area contributed by atoms with Gasteiger partial charge < -0.3 is 0 Å². The van der Waals surface area contributed by atoms with Crippen LogP contribution in [0.1, 0.15) is 0 Å². The molecule has 4 N–H and O–H groups in total. The first kappa shape index (κ1) is 6.17. The molecular weight excluding hydrogens is 132 g/mol. The molecule has 0 aromatic carbocycles. The molecule has 0 bridgehead atoms. The molecule has 0 spiro atoms. The molecule has 0 saturated carbocycles. The molecule has 6 heavy (non-hydrogen) atoms. The molecule has 0 unspecified atom stereocenters. The zero-order chi connectivity index (χ0) is 5.45. The molecule has 0 aliphatic carbocycles. The van der Waals surface area contributed by atoms with Crippen LogP contribution >= 0.6 is 0 Å². The molecule has 0 aliphatic rings. The van der Waals surface area contributed by atoms with E-state index in [1.807, 2.05) is 0 Å². The molecule has 0 heterocycles. The Morgan fingerprint density at radius 2 is 1.00 bits per heavy atom. The molecule has 0 fully saturated rings. The van der Waals surface area contributed by atoms with Crippen molar-refractivity contribution in [1.29, 1.82) is 0 Å². The number of hydrogen-bond acceptors (Lipinski definition) is 1. The predicted molar refractivity (Wildman–Crippen MR) is 9.56 cm³/mol. The van der Waals surface area contributed by atoms with Gasteiger partial charge in [0.15, 0.2) is 0 Å². The average Bonchev–Trinajstić information content (AvgIpc) is 0.650. The Bertz CT molecular complexity index is 81.6. The summed E-state index contributed by atoms with van der Waals surface area (Å²) in [7, 11) is 0. The molecule has 0 amide bonds. The van der Waals surface area contributed by atoms with Gasteiger partial charge in [-0.1, -0.05) is 0 Å². The maximum atomic E-state index is 9.07. The average molecular weight is 136 g/mol. The van der Waals surface area contributed by atoms with Gasteiger partial charge in [-0.3, -0.25) is 0 Å². The second-order valence-electron chi connectivity index (χ2n) is 0.788. The summed E-state index contributed by atoms with van der Waals surface area (Å²) in [5, 5.41) is 0. The Morgan fingerprint density at radius 1 is 1.00 bits per heavy atom. The Hall–Kier alpha value is 0.172. The molecule has 0 atom stereocenters. The summed E-state index contributed by atoms with van der Waals surface area (Å²) in [4.78, 5) is 0. The van der Waals surface area contributed by atoms with Crippen LogP contribution in [0.5, 0.6) is 0 Å². The summed E-state index contributed by atoms with van der Waals surface area (Å²) in [6.45, 7) is 0. The van der Waals surface area contributed by atoms with Crippen LogP contribution in [0.2, 0.25) is 0 Å². The fraction of sp³-hybridized carbons (Fsp3) is 0. The Balaban J connectivity index is 4.16. The summed E-state index contributed by atoms with van der Waals surface area (Å²) in [6, 6.07) is 0. The molecule has 0 aliphatic heterocycles. The minimum atomic E-state index is -6.62. The van der Waals surface area contributed by atoms with Crippen LogP contribution in [0.15, 0.2) is 0 Å². The second kappa shape index (κ2) is 0.870. The quantitative estimate of drug-likeness (QED) is 0.299. The van der Waals surface area contributed by atoms with E-state index in [0.29, 0.717) is 0 Å². The van der Waals surface area contributed by atoms with Crippen LogP contribution in [-0.2, 0) is 17.1 Å². The molecule has 0 aromatic heterocycles. The third-order valence-electron chi connectivity index (χ3n) is 0. The SMILES string of the molecule is [O]=[Cr]([OH])([OH])([OH])[OH]. The summed E-state index contributed by atoms with van der Waals surface area (Å²) in [6.07, 6.45) is 0. The van der Waals surface area contributed by atoms with Gasteiger partial charge in [-0.25, -0.2) is 0 Å². The summed E-state index contributed by atoms with van der Waals surface area (Å²) < 4.78 is 38.1. The van der Waals surface area contributed by atoms with Gasteiger partial charge in [-0.15, -0.1) is 0 Å². The van der Waals surface area contributed by atoms with Crippen molar-refractivity contribution in [1.82, 2.24) is 0 Å². The van der Waals surface area contributed by atoms with Crippen molar-refractivity contribution in [3.63, 3.8) is 0 Å². The Kier molecular flexibility index (Phi) is 0.895. The zero-order valence-electron chi connectivity index (χ0n) is 2.61. The fourth-order valence-electron chi connectivity index (χ4n) is 0. The van der Waals surface area contributed by atoms with Gasteiger partial charge in [-0.2, -0.15) is 0 Å². The topological polar surface area (TPSA) is 98.0 Å². The van der Waals surface area contributed by atoms with Crippen LogP contribution in [0.25, 0.3) is 0 Å². The van der Waals surface area contributed by atoms with Crippen molar-refractivity contribution in [3.8, 4) is 0 Å². The van der Waals surface area contributed by atoms with E-state index in [0.717, 1.165) is 0 Å². The van der Waals surface area contributed by atoms with Crippen molar-refractivity contribution >= 4 is 0 Å². The van der Waals surface area contributed by atoms with Crippen molar-refractivity contribution in [3.05, 3.63) is 0 Å². The summed E-state index contributed by atoms with van der Waals surface area (Å²) in [5.41, 5.74) is 0. The number of rotatable bonds is 0.